The Bertz CT molecular complexity index is 956. The van der Waals surface area contributed by atoms with Gasteiger partial charge in [0.2, 0.25) is 0 Å². The molecule has 31 heavy (non-hydrogen) atoms. The van der Waals surface area contributed by atoms with Crippen molar-refractivity contribution < 1.29 is 19.1 Å². The summed E-state index contributed by atoms with van der Waals surface area (Å²) in [5.41, 5.74) is 1.89. The molecule has 7 heteroatoms. The lowest BCUT2D eigenvalue weighted by molar-refractivity contribution is -0.137. The lowest BCUT2D eigenvalue weighted by Gasteiger charge is -2.15. The smallest absolute Gasteiger partial charge is 0.278 e. The maximum absolute atomic E-state index is 13.2. The van der Waals surface area contributed by atoms with Crippen molar-refractivity contribution in [3.8, 4) is 5.75 Å². The summed E-state index contributed by atoms with van der Waals surface area (Å²) in [7, 11) is 0. The molecule has 1 aliphatic heterocycles. The van der Waals surface area contributed by atoms with Gasteiger partial charge in [-0.05, 0) is 49.6 Å². The van der Waals surface area contributed by atoms with Crippen LogP contribution in [0.1, 0.15) is 32.3 Å². The molecule has 2 aromatic carbocycles. The maximum Gasteiger partial charge on any atom is 0.278 e. The quantitative estimate of drug-likeness (QED) is 0.402. The number of carbonyl (C=O) groups excluding carboxylic acids is 2. The van der Waals surface area contributed by atoms with Gasteiger partial charge < -0.3 is 14.8 Å². The van der Waals surface area contributed by atoms with Gasteiger partial charge in [0.25, 0.3) is 11.8 Å². The third-order valence-electron chi connectivity index (χ3n) is 4.75. The van der Waals surface area contributed by atoms with E-state index in [9.17, 15) is 9.59 Å². The lowest BCUT2D eigenvalue weighted by Crippen LogP contribution is -2.34. The van der Waals surface area contributed by atoms with Crippen LogP contribution >= 0.6 is 11.6 Å². The Morgan fingerprint density at radius 1 is 1.00 bits per heavy atom. The molecule has 0 radical (unpaired) electrons. The zero-order valence-electron chi connectivity index (χ0n) is 17.8. The van der Waals surface area contributed by atoms with Crippen LogP contribution in [0.25, 0.3) is 5.57 Å². The van der Waals surface area contributed by atoms with E-state index in [1.54, 1.807) is 24.3 Å². The van der Waals surface area contributed by atoms with Gasteiger partial charge in [-0.1, -0.05) is 36.7 Å². The molecule has 3 rings (SSSR count). The minimum atomic E-state index is -0.355. The first-order chi connectivity index (χ1) is 15.0. The summed E-state index contributed by atoms with van der Waals surface area (Å²) in [6, 6.07) is 14.3. The van der Waals surface area contributed by atoms with Crippen molar-refractivity contribution in [1.29, 1.82) is 0 Å². The molecule has 0 unspecified atom stereocenters. The number of rotatable bonds is 11. The average molecular weight is 443 g/mol. The monoisotopic (exact) mass is 442 g/mol. The molecule has 0 bridgehead atoms. The topological polar surface area (TPSA) is 67.9 Å². The molecule has 0 saturated heterocycles. The number of ether oxygens (including phenoxy) is 2. The molecule has 6 nitrogen and oxygen atoms in total. The zero-order valence-corrected chi connectivity index (χ0v) is 18.6. The van der Waals surface area contributed by atoms with E-state index in [0.29, 0.717) is 60.4 Å². The SMILES string of the molecule is CCCOc1cccc(NC2=C(c3ccc(Cl)cc3)C(=O)N(CCCOCC)C2=O)c1. The summed E-state index contributed by atoms with van der Waals surface area (Å²) in [4.78, 5) is 27.6. The van der Waals surface area contributed by atoms with Gasteiger partial charge in [-0.25, -0.2) is 0 Å². The molecule has 2 amide bonds. The van der Waals surface area contributed by atoms with E-state index >= 15 is 0 Å². The van der Waals surface area contributed by atoms with Gasteiger partial charge in [-0.3, -0.25) is 14.5 Å². The van der Waals surface area contributed by atoms with E-state index in [-0.39, 0.29) is 17.5 Å². The summed E-state index contributed by atoms with van der Waals surface area (Å²) < 4.78 is 11.0. The van der Waals surface area contributed by atoms with E-state index in [1.807, 2.05) is 38.1 Å². The second kappa shape index (κ2) is 11.0. The van der Waals surface area contributed by atoms with Crippen LogP contribution in [0, 0.1) is 0 Å². The third-order valence-corrected chi connectivity index (χ3v) is 5.00. The first-order valence-electron chi connectivity index (χ1n) is 10.5. The number of carbonyl (C=O) groups is 2. The third kappa shape index (κ3) is 5.66. The average Bonchev–Trinajstić information content (AvgIpc) is 3.00. The minimum Gasteiger partial charge on any atom is -0.494 e. The van der Waals surface area contributed by atoms with Gasteiger partial charge in [0, 0.05) is 36.5 Å². The highest BCUT2D eigenvalue weighted by Crippen LogP contribution is 2.32. The summed E-state index contributed by atoms with van der Waals surface area (Å²) in [5.74, 6) is 0.0156. The fourth-order valence-corrected chi connectivity index (χ4v) is 3.40. The highest BCUT2D eigenvalue weighted by Gasteiger charge is 2.38. The standard InChI is InChI=1S/C24H27ClN2O4/c1-3-14-31-20-8-5-7-19(16-20)26-22-21(17-9-11-18(25)12-10-17)23(28)27(24(22)29)13-6-15-30-4-2/h5,7-12,16,26H,3-4,6,13-15H2,1-2H3. The molecule has 0 aromatic heterocycles. The number of halogens is 1. The van der Waals surface area contributed by atoms with Gasteiger partial charge in [-0.15, -0.1) is 0 Å². The largest absolute Gasteiger partial charge is 0.494 e. The Labute approximate surface area is 187 Å². The fourth-order valence-electron chi connectivity index (χ4n) is 3.28. The number of nitrogens with one attached hydrogen (secondary N) is 1. The van der Waals surface area contributed by atoms with Crippen molar-refractivity contribution in [2.75, 3.05) is 31.7 Å². The molecular weight excluding hydrogens is 416 g/mol. The highest BCUT2D eigenvalue weighted by atomic mass is 35.5. The first-order valence-corrected chi connectivity index (χ1v) is 10.9. The van der Waals surface area contributed by atoms with Crippen molar-refractivity contribution in [3.63, 3.8) is 0 Å². The van der Waals surface area contributed by atoms with Crippen LogP contribution in [-0.4, -0.2) is 43.1 Å². The van der Waals surface area contributed by atoms with Crippen molar-refractivity contribution in [2.24, 2.45) is 0 Å². The Kier molecular flexibility index (Phi) is 8.09. The van der Waals surface area contributed by atoms with Crippen molar-refractivity contribution in [1.82, 2.24) is 4.90 Å². The van der Waals surface area contributed by atoms with Gasteiger partial charge in [0.1, 0.15) is 11.4 Å². The molecular formula is C24H27ClN2O4. The molecule has 1 N–H and O–H groups in total. The maximum atomic E-state index is 13.2. The Balaban J connectivity index is 1.90. The molecule has 1 heterocycles. The van der Waals surface area contributed by atoms with Gasteiger partial charge in [0.15, 0.2) is 0 Å². The second-order valence-electron chi connectivity index (χ2n) is 7.07. The highest BCUT2D eigenvalue weighted by molar-refractivity contribution is 6.36. The number of nitrogens with zero attached hydrogens (tertiary/aromatic N) is 1. The lowest BCUT2D eigenvalue weighted by atomic mass is 10.0. The number of hydrogen-bond acceptors (Lipinski definition) is 5. The van der Waals surface area contributed by atoms with Gasteiger partial charge in [-0.2, -0.15) is 0 Å². The number of anilines is 1. The van der Waals surface area contributed by atoms with Crippen LogP contribution in [0.2, 0.25) is 5.02 Å². The normalized spacial score (nSPS) is 13.8. The van der Waals surface area contributed by atoms with Crippen LogP contribution in [0.5, 0.6) is 5.75 Å². The minimum absolute atomic E-state index is 0.247. The summed E-state index contributed by atoms with van der Waals surface area (Å²) in [5, 5.41) is 3.72. The van der Waals surface area contributed by atoms with E-state index < -0.39 is 0 Å². The first kappa shape index (κ1) is 22.8. The summed E-state index contributed by atoms with van der Waals surface area (Å²) >= 11 is 6.01. The van der Waals surface area contributed by atoms with Gasteiger partial charge in [0.05, 0.1) is 12.2 Å². The van der Waals surface area contributed by atoms with Crippen molar-refractivity contribution in [3.05, 3.63) is 64.8 Å². The molecule has 0 fully saturated rings. The fraction of sp³-hybridized carbons (Fsp3) is 0.333. The number of amides is 2. The van der Waals surface area contributed by atoms with E-state index in [0.717, 1.165) is 6.42 Å². The van der Waals surface area contributed by atoms with E-state index in [4.69, 9.17) is 21.1 Å². The van der Waals surface area contributed by atoms with E-state index in [1.165, 1.54) is 4.90 Å². The number of benzene rings is 2. The Morgan fingerprint density at radius 2 is 1.77 bits per heavy atom. The molecule has 2 aromatic rings. The van der Waals surface area contributed by atoms with E-state index in [2.05, 4.69) is 5.32 Å². The van der Waals surface area contributed by atoms with Crippen LogP contribution in [0.4, 0.5) is 5.69 Å². The predicted octanol–water partition coefficient (Wildman–Crippen LogP) is 4.75. The predicted molar refractivity (Wildman–Crippen MR) is 122 cm³/mol. The second-order valence-corrected chi connectivity index (χ2v) is 7.51. The van der Waals surface area contributed by atoms with Crippen LogP contribution in [0.3, 0.4) is 0 Å². The van der Waals surface area contributed by atoms with Crippen LogP contribution in [-0.2, 0) is 14.3 Å². The van der Waals surface area contributed by atoms with Crippen LogP contribution < -0.4 is 10.1 Å². The number of imide groups is 1. The molecule has 0 atom stereocenters. The molecule has 1 aliphatic rings. The molecule has 0 spiro atoms. The van der Waals surface area contributed by atoms with Crippen molar-refractivity contribution >= 4 is 34.7 Å². The van der Waals surface area contributed by atoms with Crippen LogP contribution in [0.15, 0.2) is 54.2 Å². The van der Waals surface area contributed by atoms with Gasteiger partial charge >= 0.3 is 0 Å². The number of hydrogen-bond donors (Lipinski definition) is 1. The Hall–Kier alpha value is -2.83. The summed E-state index contributed by atoms with van der Waals surface area (Å²) in [6.45, 7) is 5.93. The Morgan fingerprint density at radius 3 is 2.48 bits per heavy atom. The summed E-state index contributed by atoms with van der Waals surface area (Å²) in [6.07, 6.45) is 1.47. The van der Waals surface area contributed by atoms with Crippen molar-refractivity contribution in [2.45, 2.75) is 26.7 Å². The molecule has 164 valence electrons. The molecule has 0 aliphatic carbocycles. The zero-order chi connectivity index (χ0) is 22.2. The molecule has 0 saturated carbocycles.